The van der Waals surface area contributed by atoms with E-state index < -0.39 is 0 Å². The van der Waals surface area contributed by atoms with Gasteiger partial charge in [-0.1, -0.05) is 12.1 Å². The van der Waals surface area contributed by atoms with Gasteiger partial charge >= 0.3 is 5.97 Å². The van der Waals surface area contributed by atoms with Crippen molar-refractivity contribution in [2.75, 3.05) is 19.7 Å². The Bertz CT molecular complexity index is 721. The average Bonchev–Trinajstić information content (AvgIpc) is 2.84. The third-order valence-electron chi connectivity index (χ3n) is 4.04. The molecule has 1 aliphatic heterocycles. The van der Waals surface area contributed by atoms with Crippen molar-refractivity contribution in [2.24, 2.45) is 5.92 Å². The van der Waals surface area contributed by atoms with Crippen LogP contribution in [0.25, 0.3) is 11.1 Å². The number of carbonyl (C=O) groups excluding carboxylic acids is 1. The van der Waals surface area contributed by atoms with Gasteiger partial charge in [0.2, 0.25) is 0 Å². The highest BCUT2D eigenvalue weighted by molar-refractivity contribution is 7.71. The van der Waals surface area contributed by atoms with Gasteiger partial charge in [0.15, 0.2) is 5.58 Å². The first-order valence-corrected chi connectivity index (χ1v) is 8.07. The van der Waals surface area contributed by atoms with Crippen LogP contribution < -0.4 is 0 Å². The van der Waals surface area contributed by atoms with Crippen molar-refractivity contribution in [3.63, 3.8) is 0 Å². The number of hydrogen-bond donors (Lipinski definition) is 0. The summed E-state index contributed by atoms with van der Waals surface area (Å²) in [5.41, 5.74) is 1.79. The van der Waals surface area contributed by atoms with Gasteiger partial charge in [-0.25, -0.2) is 0 Å². The first-order valence-electron chi connectivity index (χ1n) is 7.66. The molecule has 2 heterocycles. The standard InChI is InChI=1S/C16H20N2O3S/c1-2-20-15(19)12-6-5-9-17(10-12)11-18-13-7-3-4-8-14(13)21-16(18)22/h3-4,7-8,12H,2,5-6,9-11H2,1H3/t12-/m0/s1. The molecule has 6 heteroatoms. The minimum atomic E-state index is -0.0900. The molecule has 0 radical (unpaired) electrons. The van der Waals surface area contributed by atoms with E-state index in [1.807, 2.05) is 35.8 Å². The first kappa shape index (κ1) is 15.2. The Morgan fingerprint density at radius 2 is 2.27 bits per heavy atom. The number of likely N-dealkylation sites (tertiary alicyclic amines) is 1. The van der Waals surface area contributed by atoms with Gasteiger partial charge in [-0.15, -0.1) is 0 Å². The molecule has 1 aromatic carbocycles. The zero-order valence-corrected chi connectivity index (χ0v) is 13.5. The summed E-state index contributed by atoms with van der Waals surface area (Å²) in [6.45, 7) is 4.59. The summed E-state index contributed by atoms with van der Waals surface area (Å²) in [6, 6.07) is 7.82. The molecule has 1 saturated heterocycles. The summed E-state index contributed by atoms with van der Waals surface area (Å²) in [5, 5.41) is 0. The number of nitrogens with zero attached hydrogens (tertiary/aromatic N) is 2. The van der Waals surface area contributed by atoms with Crippen molar-refractivity contribution in [1.29, 1.82) is 0 Å². The molecule has 1 atom stereocenters. The van der Waals surface area contributed by atoms with Crippen LogP contribution in [-0.2, 0) is 16.2 Å². The fourth-order valence-electron chi connectivity index (χ4n) is 2.98. The Kier molecular flexibility index (Phi) is 4.59. The minimum absolute atomic E-state index is 0.0407. The van der Waals surface area contributed by atoms with E-state index in [2.05, 4.69) is 4.90 Å². The summed E-state index contributed by atoms with van der Waals surface area (Å²) in [6.07, 6.45) is 1.89. The van der Waals surface area contributed by atoms with Crippen molar-refractivity contribution >= 4 is 29.3 Å². The van der Waals surface area contributed by atoms with Crippen LogP contribution in [0.4, 0.5) is 0 Å². The number of para-hydroxylation sites is 2. The molecular formula is C16H20N2O3S. The second-order valence-corrected chi connectivity index (χ2v) is 5.92. The van der Waals surface area contributed by atoms with Crippen LogP contribution in [-0.4, -0.2) is 35.1 Å². The summed E-state index contributed by atoms with van der Waals surface area (Å²) in [7, 11) is 0. The normalized spacial score (nSPS) is 19.4. The fraction of sp³-hybridized carbons (Fsp3) is 0.500. The number of ether oxygens (including phenoxy) is 1. The molecule has 0 aliphatic carbocycles. The number of carbonyl (C=O) groups is 1. The lowest BCUT2D eigenvalue weighted by atomic mass is 9.98. The summed E-state index contributed by atoms with van der Waals surface area (Å²) >= 11 is 5.32. The Hall–Kier alpha value is -1.66. The van der Waals surface area contributed by atoms with Crippen molar-refractivity contribution in [1.82, 2.24) is 9.47 Å². The number of aromatic nitrogens is 1. The Morgan fingerprint density at radius 3 is 3.09 bits per heavy atom. The molecule has 0 bridgehead atoms. The van der Waals surface area contributed by atoms with E-state index in [4.69, 9.17) is 21.4 Å². The van der Waals surface area contributed by atoms with Crippen molar-refractivity contribution in [3.8, 4) is 0 Å². The van der Waals surface area contributed by atoms with Crippen LogP contribution in [0.1, 0.15) is 19.8 Å². The van der Waals surface area contributed by atoms with E-state index in [-0.39, 0.29) is 11.9 Å². The van der Waals surface area contributed by atoms with E-state index in [9.17, 15) is 4.79 Å². The molecule has 1 aromatic heterocycles. The lowest BCUT2D eigenvalue weighted by Gasteiger charge is -2.31. The summed E-state index contributed by atoms with van der Waals surface area (Å²) < 4.78 is 12.7. The lowest BCUT2D eigenvalue weighted by molar-refractivity contribution is -0.150. The molecular weight excluding hydrogens is 300 g/mol. The van der Waals surface area contributed by atoms with Gasteiger partial charge in [0, 0.05) is 6.54 Å². The largest absolute Gasteiger partial charge is 0.466 e. The molecule has 2 aromatic rings. The maximum atomic E-state index is 11.9. The quantitative estimate of drug-likeness (QED) is 0.639. The van der Waals surface area contributed by atoms with E-state index in [0.717, 1.165) is 30.5 Å². The lowest BCUT2D eigenvalue weighted by Crippen LogP contribution is -2.40. The van der Waals surface area contributed by atoms with E-state index in [1.54, 1.807) is 0 Å². The van der Waals surface area contributed by atoms with Crippen molar-refractivity contribution in [3.05, 3.63) is 29.1 Å². The van der Waals surface area contributed by atoms with Gasteiger partial charge in [-0.3, -0.25) is 14.3 Å². The Balaban J connectivity index is 1.76. The molecule has 22 heavy (non-hydrogen) atoms. The topological polar surface area (TPSA) is 47.6 Å². The SMILES string of the molecule is CCOC(=O)[C@H]1CCCN(Cn2c(=S)oc3ccccc32)C1. The van der Waals surface area contributed by atoms with E-state index >= 15 is 0 Å². The minimum Gasteiger partial charge on any atom is -0.466 e. The fourth-order valence-corrected chi connectivity index (χ4v) is 3.23. The molecule has 0 unspecified atom stereocenters. The van der Waals surface area contributed by atoms with Gasteiger partial charge in [0.05, 0.1) is 24.7 Å². The molecule has 118 valence electrons. The molecule has 0 amide bonds. The summed E-state index contributed by atoms with van der Waals surface area (Å²) in [4.78, 5) is 14.6. The third-order valence-corrected chi connectivity index (χ3v) is 4.34. The Morgan fingerprint density at radius 1 is 1.45 bits per heavy atom. The predicted molar refractivity (Wildman–Crippen MR) is 86.0 cm³/mol. The van der Waals surface area contributed by atoms with Crippen LogP contribution >= 0.6 is 12.2 Å². The number of fused-ring (bicyclic) bond motifs is 1. The number of rotatable bonds is 4. The van der Waals surface area contributed by atoms with Crippen LogP contribution in [0.2, 0.25) is 0 Å². The highest BCUT2D eigenvalue weighted by Crippen LogP contribution is 2.22. The molecule has 3 rings (SSSR count). The molecule has 0 spiro atoms. The number of piperidine rings is 1. The first-order chi connectivity index (χ1) is 10.7. The van der Waals surface area contributed by atoms with Crippen LogP contribution in [0.3, 0.4) is 0 Å². The predicted octanol–water partition coefficient (Wildman–Crippen LogP) is 3.20. The van der Waals surface area contributed by atoms with Gasteiger partial charge in [-0.2, -0.15) is 0 Å². The molecule has 0 saturated carbocycles. The van der Waals surface area contributed by atoms with Crippen LogP contribution in [0.5, 0.6) is 0 Å². The van der Waals surface area contributed by atoms with Crippen LogP contribution in [0.15, 0.2) is 28.7 Å². The maximum Gasteiger partial charge on any atom is 0.310 e. The van der Waals surface area contributed by atoms with Crippen LogP contribution in [0, 0.1) is 10.8 Å². The van der Waals surface area contributed by atoms with Gasteiger partial charge < -0.3 is 9.15 Å². The third kappa shape index (κ3) is 3.08. The zero-order chi connectivity index (χ0) is 15.5. The molecule has 1 fully saturated rings. The monoisotopic (exact) mass is 320 g/mol. The zero-order valence-electron chi connectivity index (χ0n) is 12.7. The second-order valence-electron chi connectivity index (χ2n) is 5.57. The number of esters is 1. The average molecular weight is 320 g/mol. The molecule has 5 nitrogen and oxygen atoms in total. The Labute approximate surface area is 134 Å². The van der Waals surface area contributed by atoms with Crippen molar-refractivity contribution < 1.29 is 13.9 Å². The molecule has 0 N–H and O–H groups in total. The number of hydrogen-bond acceptors (Lipinski definition) is 5. The second kappa shape index (κ2) is 6.62. The summed E-state index contributed by atoms with van der Waals surface area (Å²) in [5.74, 6) is -0.131. The van der Waals surface area contributed by atoms with Gasteiger partial charge in [-0.05, 0) is 50.7 Å². The van der Waals surface area contributed by atoms with Gasteiger partial charge in [0.1, 0.15) is 0 Å². The van der Waals surface area contributed by atoms with Gasteiger partial charge in [0.25, 0.3) is 4.84 Å². The number of benzene rings is 1. The molecule has 1 aliphatic rings. The maximum absolute atomic E-state index is 11.9. The smallest absolute Gasteiger partial charge is 0.310 e. The van der Waals surface area contributed by atoms with E-state index in [0.29, 0.717) is 24.7 Å². The van der Waals surface area contributed by atoms with E-state index in [1.165, 1.54) is 0 Å². The van der Waals surface area contributed by atoms with Crippen molar-refractivity contribution in [2.45, 2.75) is 26.4 Å². The number of oxazole rings is 1. The highest BCUT2D eigenvalue weighted by atomic mass is 32.1. The highest BCUT2D eigenvalue weighted by Gasteiger charge is 2.27.